The zero-order valence-corrected chi connectivity index (χ0v) is 23.1. The van der Waals surface area contributed by atoms with Crippen molar-refractivity contribution in [1.29, 1.82) is 0 Å². The lowest BCUT2D eigenvalue weighted by atomic mass is 9.80. The second-order valence-corrected chi connectivity index (χ2v) is 11.7. The summed E-state index contributed by atoms with van der Waals surface area (Å²) in [5.74, 6) is 1.59. The van der Waals surface area contributed by atoms with Crippen LogP contribution in [-0.4, -0.2) is 23.9 Å². The van der Waals surface area contributed by atoms with Crippen molar-refractivity contribution in [3.8, 4) is 5.75 Å². The predicted molar refractivity (Wildman–Crippen MR) is 155 cm³/mol. The minimum atomic E-state index is -0.0908. The highest BCUT2D eigenvalue weighted by Gasteiger charge is 2.34. The van der Waals surface area contributed by atoms with Gasteiger partial charge in [-0.05, 0) is 53.6 Å². The normalized spacial score (nSPS) is 15.7. The molecule has 3 aromatic carbocycles. The van der Waals surface area contributed by atoms with E-state index in [1.807, 2.05) is 55.5 Å². The van der Waals surface area contributed by atoms with Gasteiger partial charge >= 0.3 is 0 Å². The Morgan fingerprint density at radius 3 is 2.53 bits per heavy atom. The minimum absolute atomic E-state index is 0.0908. The van der Waals surface area contributed by atoms with Crippen LogP contribution in [-0.2, 0) is 18.7 Å². The average molecular weight is 543 g/mol. The van der Waals surface area contributed by atoms with Gasteiger partial charge in [0.05, 0.1) is 21.9 Å². The molecule has 0 bridgehead atoms. The maximum Gasteiger partial charge on any atom is 0.261 e. The van der Waals surface area contributed by atoms with Gasteiger partial charge in [0.25, 0.3) is 5.91 Å². The molecule has 0 saturated carbocycles. The van der Waals surface area contributed by atoms with Gasteiger partial charge in [0.15, 0.2) is 0 Å². The topological polar surface area (TPSA) is 70.9 Å². The molecule has 0 spiro atoms. The maximum atomic E-state index is 13.6. The van der Waals surface area contributed by atoms with E-state index in [4.69, 9.17) is 4.74 Å². The highest BCUT2D eigenvalue weighted by Crippen LogP contribution is 2.45. The number of carbonyl (C=O) groups is 1. The molecule has 1 aliphatic carbocycles. The van der Waals surface area contributed by atoms with Crippen LogP contribution >= 0.6 is 23.1 Å². The number of fused-ring (bicyclic) bond motifs is 1. The second kappa shape index (κ2) is 11.9. The zero-order valence-electron chi connectivity index (χ0n) is 21.4. The van der Waals surface area contributed by atoms with Crippen LogP contribution in [0.1, 0.15) is 55.4 Å². The monoisotopic (exact) mass is 542 g/mol. The van der Waals surface area contributed by atoms with E-state index in [-0.39, 0.29) is 11.8 Å². The molecule has 5 rings (SSSR count). The van der Waals surface area contributed by atoms with Crippen LogP contribution in [0, 0.1) is 6.92 Å². The third kappa shape index (κ3) is 5.79. The van der Waals surface area contributed by atoms with E-state index >= 15 is 0 Å². The van der Waals surface area contributed by atoms with Gasteiger partial charge in [-0.2, -0.15) is 0 Å². The summed E-state index contributed by atoms with van der Waals surface area (Å²) in [6.45, 7) is 2.51. The number of nitrogens with one attached hydrogen (secondary N) is 1. The summed E-state index contributed by atoms with van der Waals surface area (Å²) in [5, 5.41) is 17.0. The Balaban J connectivity index is 1.47. The van der Waals surface area contributed by atoms with E-state index in [0.29, 0.717) is 30.0 Å². The quantitative estimate of drug-likeness (QED) is 0.140. The van der Waals surface area contributed by atoms with E-state index < -0.39 is 0 Å². The zero-order chi connectivity index (χ0) is 26.5. The van der Waals surface area contributed by atoms with Crippen molar-refractivity contribution < 1.29 is 14.7 Å². The molecule has 1 amide bonds. The van der Waals surface area contributed by atoms with Crippen LogP contribution in [0.5, 0.6) is 5.75 Å². The third-order valence-electron chi connectivity index (χ3n) is 6.82. The number of carbonyl (C=O) groups excluding carboxylic acids is 1. The minimum Gasteiger partial charge on any atom is -0.497 e. The Labute approximate surface area is 231 Å². The lowest BCUT2D eigenvalue weighted by Crippen LogP contribution is -2.25. The largest absolute Gasteiger partial charge is 0.497 e. The molecule has 0 radical (unpaired) electrons. The van der Waals surface area contributed by atoms with Crippen molar-refractivity contribution >= 4 is 34.7 Å². The van der Waals surface area contributed by atoms with E-state index in [1.54, 1.807) is 18.9 Å². The van der Waals surface area contributed by atoms with Gasteiger partial charge in [-0.15, -0.1) is 23.1 Å². The number of rotatable bonds is 8. The first kappa shape index (κ1) is 26.1. The maximum absolute atomic E-state index is 13.6. The van der Waals surface area contributed by atoms with Crippen molar-refractivity contribution in [1.82, 2.24) is 5.32 Å². The summed E-state index contributed by atoms with van der Waals surface area (Å²) in [6.07, 6.45) is 1.31. The average Bonchev–Trinajstić information content (AvgIpc) is 3.33. The Bertz CT molecular complexity index is 1450. The smallest absolute Gasteiger partial charge is 0.261 e. The number of amides is 1. The number of ether oxygens (including phenoxy) is 1. The van der Waals surface area contributed by atoms with Crippen LogP contribution in [0.3, 0.4) is 0 Å². The first-order valence-electron chi connectivity index (χ1n) is 12.6. The number of hydrogen-bond donors (Lipinski definition) is 2. The number of methoxy groups -OCH3 is 1. The fourth-order valence-electron chi connectivity index (χ4n) is 4.88. The number of thiophene rings is 1. The number of benzene rings is 3. The van der Waals surface area contributed by atoms with Crippen molar-refractivity contribution in [2.45, 2.75) is 42.2 Å². The number of aryl methyl sites for hydroxylation is 1. The molecular weight excluding hydrogens is 512 g/mol. The second-order valence-electron chi connectivity index (χ2n) is 9.44. The van der Waals surface area contributed by atoms with Crippen LogP contribution in [0.25, 0.3) is 0 Å². The lowest BCUT2D eigenvalue weighted by molar-refractivity contribution is 0.0954. The highest BCUT2D eigenvalue weighted by molar-refractivity contribution is 8.00. The first-order valence-corrected chi connectivity index (χ1v) is 14.4. The number of thioether (sulfide) groups is 1. The van der Waals surface area contributed by atoms with Gasteiger partial charge in [0, 0.05) is 24.3 Å². The molecule has 1 unspecified atom stereocenters. The van der Waals surface area contributed by atoms with Crippen LogP contribution in [0.15, 0.2) is 88.2 Å². The molecule has 1 aromatic heterocycles. The number of nitrogens with zero attached hydrogens (tertiary/aromatic N) is 1. The molecule has 5 nitrogen and oxygen atoms in total. The fraction of sp³-hybridized carbons (Fsp3) is 0.226. The van der Waals surface area contributed by atoms with Crippen molar-refractivity contribution in [3.63, 3.8) is 0 Å². The van der Waals surface area contributed by atoms with Crippen LogP contribution < -0.4 is 10.1 Å². The summed E-state index contributed by atoms with van der Waals surface area (Å²) in [4.78, 5) is 14.3. The van der Waals surface area contributed by atoms with Crippen molar-refractivity contribution in [2.75, 3.05) is 7.11 Å². The Kier molecular flexibility index (Phi) is 8.15. The summed E-state index contributed by atoms with van der Waals surface area (Å²) < 4.78 is 6.34. The predicted octanol–water partition coefficient (Wildman–Crippen LogP) is 7.20. The molecule has 1 atom stereocenters. The number of hydrogen-bond acceptors (Lipinski definition) is 6. The summed E-state index contributed by atoms with van der Waals surface area (Å²) in [6, 6.07) is 26.4. The molecule has 1 heterocycles. The summed E-state index contributed by atoms with van der Waals surface area (Å²) in [5.41, 5.74) is 7.09. The van der Waals surface area contributed by atoms with Gasteiger partial charge in [0.2, 0.25) is 0 Å². The van der Waals surface area contributed by atoms with E-state index in [1.165, 1.54) is 16.9 Å². The van der Waals surface area contributed by atoms with Crippen molar-refractivity contribution in [2.24, 2.45) is 5.16 Å². The molecular formula is C31H30N2O3S2. The Morgan fingerprint density at radius 1 is 1.05 bits per heavy atom. The molecule has 38 heavy (non-hydrogen) atoms. The molecule has 7 heteroatoms. The number of oxime groups is 1. The van der Waals surface area contributed by atoms with E-state index in [9.17, 15) is 10.0 Å². The standard InChI is InChI=1S/C31H30N2O3S2/c1-20-7-6-10-22(15-20)18-32-30(34)29-26-16-24(23-11-13-25(36-2)14-12-23)17-27(33-35)28(26)31(38-29)37-19-21-8-4-3-5-9-21/h3-15,24,35H,16-19H2,1-2H3,(H,32,34)/b33-27+. The van der Waals surface area contributed by atoms with Gasteiger partial charge in [-0.1, -0.05) is 77.4 Å². The van der Waals surface area contributed by atoms with Crippen molar-refractivity contribution in [3.05, 3.63) is 117 Å². The van der Waals surface area contributed by atoms with E-state index in [2.05, 4.69) is 40.8 Å². The summed E-state index contributed by atoms with van der Waals surface area (Å²) in [7, 11) is 1.65. The first-order chi connectivity index (χ1) is 18.6. The lowest BCUT2D eigenvalue weighted by Gasteiger charge is -2.25. The van der Waals surface area contributed by atoms with Gasteiger partial charge < -0.3 is 15.3 Å². The Morgan fingerprint density at radius 2 is 1.82 bits per heavy atom. The molecule has 0 fully saturated rings. The van der Waals surface area contributed by atoms with Crippen LogP contribution in [0.4, 0.5) is 0 Å². The van der Waals surface area contributed by atoms with Gasteiger partial charge in [0.1, 0.15) is 5.75 Å². The Hall–Kier alpha value is -3.55. The highest BCUT2D eigenvalue weighted by atomic mass is 32.2. The molecule has 0 aliphatic heterocycles. The molecule has 1 aliphatic rings. The van der Waals surface area contributed by atoms with Gasteiger partial charge in [-0.3, -0.25) is 4.79 Å². The molecule has 4 aromatic rings. The third-order valence-corrected chi connectivity index (χ3v) is 9.39. The SMILES string of the molecule is COc1ccc(C2C/C(=N\O)c3c(SCc4ccccc4)sc(C(=O)NCc4cccc(C)c4)c3C2)cc1. The summed E-state index contributed by atoms with van der Waals surface area (Å²) >= 11 is 3.20. The van der Waals surface area contributed by atoms with Crippen LogP contribution in [0.2, 0.25) is 0 Å². The van der Waals surface area contributed by atoms with E-state index in [0.717, 1.165) is 43.5 Å². The molecule has 194 valence electrons. The molecule has 2 N–H and O–H groups in total. The van der Waals surface area contributed by atoms with Gasteiger partial charge in [-0.25, -0.2) is 0 Å². The molecule has 0 saturated heterocycles. The fourth-order valence-corrected chi connectivity index (χ4v) is 7.42.